The highest BCUT2D eigenvalue weighted by Gasteiger charge is 2.02. The first-order valence-electron chi connectivity index (χ1n) is 6.03. The van der Waals surface area contributed by atoms with Crippen LogP contribution in [0.1, 0.15) is 25.8 Å². The molecule has 0 fully saturated rings. The zero-order valence-electron chi connectivity index (χ0n) is 10.9. The average molecular weight is 238 g/mol. The van der Waals surface area contributed by atoms with E-state index in [4.69, 9.17) is 9.47 Å². The van der Waals surface area contributed by atoms with Gasteiger partial charge in [-0.3, -0.25) is 0 Å². The minimum atomic E-state index is 0.536. The smallest absolute Gasteiger partial charge is 0.218 e. The van der Waals surface area contributed by atoms with Crippen LogP contribution in [0.4, 0.5) is 0 Å². The molecule has 1 N–H and O–H groups in total. The van der Waals surface area contributed by atoms with Crippen LogP contribution in [0.15, 0.2) is 18.3 Å². The third-order valence-electron chi connectivity index (χ3n) is 2.32. The van der Waals surface area contributed by atoms with Gasteiger partial charge in [0, 0.05) is 24.4 Å². The summed E-state index contributed by atoms with van der Waals surface area (Å²) in [6, 6.07) is 4.40. The van der Waals surface area contributed by atoms with E-state index in [0.29, 0.717) is 18.5 Å². The van der Waals surface area contributed by atoms with Gasteiger partial charge in [0.1, 0.15) is 0 Å². The standard InChI is InChI=1S/C13H22N2O2/c1-11(2)14-8-5-9-17-10-12-6-4-7-15-13(12)16-3/h4,6-7,11,14H,5,8-10H2,1-3H3. The van der Waals surface area contributed by atoms with Gasteiger partial charge < -0.3 is 14.8 Å². The molecule has 0 unspecified atom stereocenters. The van der Waals surface area contributed by atoms with Crippen LogP contribution in [0.3, 0.4) is 0 Å². The fraction of sp³-hybridized carbons (Fsp3) is 0.615. The van der Waals surface area contributed by atoms with Crippen molar-refractivity contribution in [1.29, 1.82) is 0 Å². The Kier molecular flexibility index (Phi) is 6.58. The molecule has 0 aliphatic carbocycles. The second-order valence-corrected chi connectivity index (χ2v) is 4.19. The van der Waals surface area contributed by atoms with Crippen LogP contribution in [0, 0.1) is 0 Å². The maximum Gasteiger partial charge on any atom is 0.218 e. The van der Waals surface area contributed by atoms with E-state index in [1.54, 1.807) is 13.3 Å². The van der Waals surface area contributed by atoms with Gasteiger partial charge >= 0.3 is 0 Å². The molecule has 96 valence electrons. The molecule has 0 spiro atoms. The van der Waals surface area contributed by atoms with Crippen molar-refractivity contribution in [1.82, 2.24) is 10.3 Å². The van der Waals surface area contributed by atoms with Gasteiger partial charge in [0.15, 0.2) is 0 Å². The summed E-state index contributed by atoms with van der Waals surface area (Å²) in [6.45, 7) is 6.57. The van der Waals surface area contributed by atoms with E-state index >= 15 is 0 Å². The van der Waals surface area contributed by atoms with Crippen LogP contribution in [-0.4, -0.2) is 31.3 Å². The molecule has 0 atom stereocenters. The van der Waals surface area contributed by atoms with E-state index < -0.39 is 0 Å². The topological polar surface area (TPSA) is 43.4 Å². The highest BCUT2D eigenvalue weighted by atomic mass is 16.5. The summed E-state index contributed by atoms with van der Waals surface area (Å²) >= 11 is 0. The van der Waals surface area contributed by atoms with Crippen LogP contribution in [0.5, 0.6) is 5.88 Å². The van der Waals surface area contributed by atoms with Crippen molar-refractivity contribution in [2.75, 3.05) is 20.3 Å². The number of hydrogen-bond donors (Lipinski definition) is 1. The molecule has 1 aromatic rings. The summed E-state index contributed by atoms with van der Waals surface area (Å²) in [7, 11) is 1.62. The SMILES string of the molecule is COc1ncccc1COCCCNC(C)C. The number of rotatable bonds is 8. The highest BCUT2D eigenvalue weighted by molar-refractivity contribution is 5.24. The molecule has 0 bridgehead atoms. The molecule has 0 aliphatic rings. The largest absolute Gasteiger partial charge is 0.481 e. The fourth-order valence-electron chi connectivity index (χ4n) is 1.46. The van der Waals surface area contributed by atoms with Gasteiger partial charge in [-0.2, -0.15) is 0 Å². The number of pyridine rings is 1. The summed E-state index contributed by atoms with van der Waals surface area (Å²) in [6.07, 6.45) is 2.73. The second kappa shape index (κ2) is 8.03. The minimum absolute atomic E-state index is 0.536. The molecule has 1 rings (SSSR count). The lowest BCUT2D eigenvalue weighted by molar-refractivity contribution is 0.116. The van der Waals surface area contributed by atoms with E-state index in [0.717, 1.165) is 25.1 Å². The first kappa shape index (κ1) is 13.9. The van der Waals surface area contributed by atoms with Crippen LogP contribution < -0.4 is 10.1 Å². The van der Waals surface area contributed by atoms with Gasteiger partial charge in [-0.25, -0.2) is 4.98 Å². The quantitative estimate of drug-likeness (QED) is 0.703. The van der Waals surface area contributed by atoms with Crippen LogP contribution in [0.2, 0.25) is 0 Å². The Labute approximate surface area is 103 Å². The maximum absolute atomic E-state index is 5.58. The Hall–Kier alpha value is -1.13. The van der Waals surface area contributed by atoms with E-state index in [9.17, 15) is 0 Å². The molecular formula is C13H22N2O2. The summed E-state index contributed by atoms with van der Waals surface area (Å²) in [5, 5.41) is 3.35. The first-order valence-corrected chi connectivity index (χ1v) is 6.03. The number of nitrogens with one attached hydrogen (secondary N) is 1. The normalized spacial score (nSPS) is 10.8. The Balaban J connectivity index is 2.17. The molecule has 17 heavy (non-hydrogen) atoms. The Morgan fingerprint density at radius 2 is 2.24 bits per heavy atom. The van der Waals surface area contributed by atoms with Crippen molar-refractivity contribution in [2.24, 2.45) is 0 Å². The van der Waals surface area contributed by atoms with Crippen molar-refractivity contribution in [2.45, 2.75) is 32.9 Å². The number of nitrogens with zero attached hydrogens (tertiary/aromatic N) is 1. The molecule has 4 nitrogen and oxygen atoms in total. The lowest BCUT2D eigenvalue weighted by atomic mass is 10.3. The second-order valence-electron chi connectivity index (χ2n) is 4.19. The van der Waals surface area contributed by atoms with Gasteiger partial charge in [0.2, 0.25) is 5.88 Å². The molecule has 0 amide bonds. The van der Waals surface area contributed by atoms with Gasteiger partial charge in [0.05, 0.1) is 13.7 Å². The van der Waals surface area contributed by atoms with Crippen LogP contribution >= 0.6 is 0 Å². The third-order valence-corrected chi connectivity index (χ3v) is 2.32. The van der Waals surface area contributed by atoms with Gasteiger partial charge in [-0.05, 0) is 25.1 Å². The van der Waals surface area contributed by atoms with Crippen molar-refractivity contribution >= 4 is 0 Å². The predicted octanol–water partition coefficient (Wildman–Crippen LogP) is 1.99. The monoisotopic (exact) mass is 238 g/mol. The molecular weight excluding hydrogens is 216 g/mol. The van der Waals surface area contributed by atoms with E-state index in [1.807, 2.05) is 12.1 Å². The van der Waals surface area contributed by atoms with Crippen molar-refractivity contribution < 1.29 is 9.47 Å². The summed E-state index contributed by atoms with van der Waals surface area (Å²) < 4.78 is 10.7. The molecule has 0 aliphatic heterocycles. The molecule has 0 radical (unpaired) electrons. The van der Waals surface area contributed by atoms with Crippen molar-refractivity contribution in [3.05, 3.63) is 23.9 Å². The van der Waals surface area contributed by atoms with Crippen LogP contribution in [0.25, 0.3) is 0 Å². The molecule has 0 aromatic carbocycles. The Bertz CT molecular complexity index is 316. The number of hydrogen-bond acceptors (Lipinski definition) is 4. The van der Waals surface area contributed by atoms with Gasteiger partial charge in [-0.1, -0.05) is 13.8 Å². The number of ether oxygens (including phenoxy) is 2. The zero-order chi connectivity index (χ0) is 12.5. The Morgan fingerprint density at radius 1 is 1.41 bits per heavy atom. The molecule has 1 heterocycles. The molecule has 1 aromatic heterocycles. The number of methoxy groups -OCH3 is 1. The summed E-state index contributed by atoms with van der Waals surface area (Å²) in [5.41, 5.74) is 0.992. The molecule has 4 heteroatoms. The molecule has 0 saturated heterocycles. The lowest BCUT2D eigenvalue weighted by Crippen LogP contribution is -2.24. The molecule has 0 saturated carbocycles. The van der Waals surface area contributed by atoms with Gasteiger partial charge in [-0.15, -0.1) is 0 Å². The summed E-state index contributed by atoms with van der Waals surface area (Å²) in [4.78, 5) is 4.12. The van der Waals surface area contributed by atoms with Gasteiger partial charge in [0.25, 0.3) is 0 Å². The summed E-state index contributed by atoms with van der Waals surface area (Å²) in [5.74, 6) is 0.646. The minimum Gasteiger partial charge on any atom is -0.481 e. The third kappa shape index (κ3) is 5.65. The van der Waals surface area contributed by atoms with Crippen molar-refractivity contribution in [3.8, 4) is 5.88 Å². The number of aromatic nitrogens is 1. The lowest BCUT2D eigenvalue weighted by Gasteiger charge is -2.09. The predicted molar refractivity (Wildman–Crippen MR) is 68.2 cm³/mol. The van der Waals surface area contributed by atoms with E-state index in [-0.39, 0.29) is 0 Å². The van der Waals surface area contributed by atoms with Crippen molar-refractivity contribution in [3.63, 3.8) is 0 Å². The first-order chi connectivity index (χ1) is 8.24. The Morgan fingerprint density at radius 3 is 2.94 bits per heavy atom. The maximum atomic E-state index is 5.58. The van der Waals surface area contributed by atoms with Crippen LogP contribution in [-0.2, 0) is 11.3 Å². The highest BCUT2D eigenvalue weighted by Crippen LogP contribution is 2.14. The fourth-order valence-corrected chi connectivity index (χ4v) is 1.46. The average Bonchev–Trinajstić information content (AvgIpc) is 2.33. The van der Waals surface area contributed by atoms with E-state index in [2.05, 4.69) is 24.1 Å². The van der Waals surface area contributed by atoms with E-state index in [1.165, 1.54) is 0 Å². The zero-order valence-corrected chi connectivity index (χ0v) is 10.9.